The van der Waals surface area contributed by atoms with Crippen molar-refractivity contribution in [1.29, 1.82) is 5.26 Å². The number of nitrogens with one attached hydrogen (secondary N) is 2. The minimum absolute atomic E-state index is 0. The van der Waals surface area contributed by atoms with Gasteiger partial charge in [-0.15, -0.1) is 12.6 Å². The van der Waals surface area contributed by atoms with Crippen LogP contribution in [0.15, 0.2) is 20.8 Å². The number of amides is 2. The van der Waals surface area contributed by atoms with Crippen molar-refractivity contribution in [2.45, 2.75) is 22.3 Å². The number of anilines is 2. The van der Waals surface area contributed by atoms with Crippen LogP contribution < -0.4 is 40.2 Å². The van der Waals surface area contributed by atoms with Gasteiger partial charge in [0.2, 0.25) is 11.8 Å². The molecule has 24 heavy (non-hydrogen) atoms. The van der Waals surface area contributed by atoms with Gasteiger partial charge in [-0.25, -0.2) is 9.97 Å². The molecule has 0 saturated heterocycles. The molecule has 2 N–H and O–H groups in total. The molecule has 0 unspecified atom stereocenters. The van der Waals surface area contributed by atoms with Crippen LogP contribution in [0.2, 0.25) is 0 Å². The van der Waals surface area contributed by atoms with Gasteiger partial charge in [-0.05, 0) is 0 Å². The molecule has 2 amide bonds. The van der Waals surface area contributed by atoms with Gasteiger partial charge in [0.25, 0.3) is 0 Å². The van der Waals surface area contributed by atoms with E-state index >= 15 is 0 Å². The molecule has 7 nitrogen and oxygen atoms in total. The summed E-state index contributed by atoms with van der Waals surface area (Å²) < 4.78 is 1.57. The van der Waals surface area contributed by atoms with Crippen LogP contribution in [0.5, 0.6) is 0 Å². The molecule has 121 valence electrons. The Hall–Kier alpha value is -0.545. The number of hydrogen-bond acceptors (Lipinski definition) is 9. The van der Waals surface area contributed by atoms with Crippen LogP contribution in [0.1, 0.15) is 15.3 Å². The van der Waals surface area contributed by atoms with E-state index in [1.54, 1.807) is 12.4 Å². The third-order valence-corrected chi connectivity index (χ3v) is 4.40. The topological polar surface area (TPSA) is 108 Å². The van der Waals surface area contributed by atoms with Crippen LogP contribution in [0.3, 0.4) is 0 Å². The molecule has 2 aromatic rings. The molecule has 0 aromatic carbocycles. The minimum Gasteiger partial charge on any atom is -1.00 e. The predicted octanol–water partition coefficient (Wildman–Crippen LogP) is -0.199. The van der Waals surface area contributed by atoms with E-state index in [-0.39, 0.29) is 51.2 Å². The van der Waals surface area contributed by atoms with Gasteiger partial charge in [-0.3, -0.25) is 9.59 Å². The molecular weight excluding hydrogens is 396 g/mol. The predicted molar refractivity (Wildman–Crippen MR) is 98.4 cm³/mol. The minimum atomic E-state index is -0.155. The Kier molecular flexibility index (Phi) is 14.7. The largest absolute Gasteiger partial charge is 1.00 e. The molecule has 0 spiro atoms. The number of thiazole rings is 2. The summed E-state index contributed by atoms with van der Waals surface area (Å²) in [6.45, 7) is 2.86. The normalized spacial score (nSPS) is 8.42. The fraction of sp³-hybridized carbons (Fsp3) is 0.182. The van der Waals surface area contributed by atoms with Crippen LogP contribution >= 0.6 is 47.1 Å². The van der Waals surface area contributed by atoms with E-state index in [1.165, 1.54) is 36.5 Å². The molecule has 2 heterocycles. The van der Waals surface area contributed by atoms with Crippen molar-refractivity contribution < 1.29 is 40.6 Å². The number of aromatic nitrogens is 2. The second-order valence-electron chi connectivity index (χ2n) is 3.54. The molecule has 13 heteroatoms. The number of hydrogen-bond donors (Lipinski definition) is 3. The number of rotatable bonds is 3. The van der Waals surface area contributed by atoms with E-state index in [2.05, 4.69) is 33.2 Å². The summed E-state index contributed by atoms with van der Waals surface area (Å²) in [5, 5.41) is 16.4. The average Bonchev–Trinajstić information content (AvgIpc) is 2.99. The van der Waals surface area contributed by atoms with Crippen LogP contribution in [-0.2, 0) is 9.59 Å². The molecule has 0 aliphatic carbocycles. The summed E-state index contributed by atoms with van der Waals surface area (Å²) in [6.07, 6.45) is 3.16. The summed E-state index contributed by atoms with van der Waals surface area (Å²) in [6, 6.07) is 0. The van der Waals surface area contributed by atoms with E-state index in [9.17, 15) is 9.59 Å². The average molecular weight is 408 g/mol. The van der Waals surface area contributed by atoms with Crippen LogP contribution in [0.4, 0.5) is 10.3 Å². The van der Waals surface area contributed by atoms with E-state index in [0.29, 0.717) is 10.3 Å². The fourth-order valence-electron chi connectivity index (χ4n) is 1.03. The third-order valence-electron chi connectivity index (χ3n) is 1.69. The first-order valence-electron chi connectivity index (χ1n) is 5.62. The molecule has 2 aromatic heterocycles. The van der Waals surface area contributed by atoms with Gasteiger partial charge in [-0.2, -0.15) is 5.26 Å². The first kappa shape index (κ1) is 25.7. The monoisotopic (exact) mass is 408 g/mol. The first-order chi connectivity index (χ1) is 10.4. The molecule has 3 radical (unpaired) electrons. The van der Waals surface area contributed by atoms with Gasteiger partial charge in [0.1, 0.15) is 5.40 Å². The van der Waals surface area contributed by atoms with Gasteiger partial charge >= 0.3 is 29.6 Å². The smallest absolute Gasteiger partial charge is 1.00 e. The van der Waals surface area contributed by atoms with Gasteiger partial charge in [-0.1, -0.05) is 22.7 Å². The van der Waals surface area contributed by atoms with Gasteiger partial charge < -0.3 is 12.1 Å². The third kappa shape index (κ3) is 11.1. The van der Waals surface area contributed by atoms with Gasteiger partial charge in [0.15, 0.2) is 10.3 Å². The molecule has 2 rings (SSSR count). The number of carbonyl (C=O) groups is 2. The van der Waals surface area contributed by atoms with Crippen LogP contribution in [0.25, 0.3) is 0 Å². The Morgan fingerprint density at radius 3 is 2.12 bits per heavy atom. The second-order valence-corrected chi connectivity index (χ2v) is 7.47. The zero-order valence-corrected chi connectivity index (χ0v) is 18.4. The number of carbonyl (C=O) groups excluding carboxylic acids is 2. The maximum Gasteiger partial charge on any atom is 1.00 e. The summed E-state index contributed by atoms with van der Waals surface area (Å²) in [7, 11) is 0. The van der Waals surface area contributed by atoms with Crippen molar-refractivity contribution in [2.75, 3.05) is 10.6 Å². The summed E-state index contributed by atoms with van der Waals surface area (Å²) in [5.41, 5.74) is 0. The Morgan fingerprint density at radius 1 is 1.21 bits per heavy atom. The van der Waals surface area contributed by atoms with E-state index in [4.69, 9.17) is 5.26 Å². The molecular formula is C11H12BN5NaO2S4. The number of nitriles is 1. The molecule has 0 aliphatic heterocycles. The summed E-state index contributed by atoms with van der Waals surface area (Å²) in [5.74, 6) is -0.263. The van der Waals surface area contributed by atoms with Crippen molar-refractivity contribution in [2.24, 2.45) is 0 Å². The molecule has 0 aliphatic rings. The summed E-state index contributed by atoms with van der Waals surface area (Å²) >= 11 is 7.69. The number of thiocyanates is 1. The zero-order valence-electron chi connectivity index (χ0n) is 14.1. The van der Waals surface area contributed by atoms with Crippen molar-refractivity contribution in [3.8, 4) is 5.40 Å². The molecule has 0 atom stereocenters. The van der Waals surface area contributed by atoms with Gasteiger partial charge in [0, 0.05) is 34.0 Å². The maximum absolute atomic E-state index is 10.6. The quantitative estimate of drug-likeness (QED) is 0.281. The first-order valence-corrected chi connectivity index (χ1v) is 8.52. The maximum atomic E-state index is 10.6. The van der Waals surface area contributed by atoms with E-state index in [1.807, 2.05) is 5.40 Å². The van der Waals surface area contributed by atoms with Gasteiger partial charge in [0.05, 0.1) is 20.8 Å². The van der Waals surface area contributed by atoms with Crippen LogP contribution in [0, 0.1) is 10.7 Å². The SMILES string of the molecule is CC(=O)Nc1ncc(S)s1.CC(=O)Nc1ncc(SC#N)s1.[B].[H-].[Na+]. The van der Waals surface area contributed by atoms with Crippen LogP contribution in [-0.4, -0.2) is 30.2 Å². The summed E-state index contributed by atoms with van der Waals surface area (Å²) in [4.78, 5) is 28.8. The number of thioether (sulfide) groups is 1. The Balaban J connectivity index is -0.000000350. The zero-order chi connectivity index (χ0) is 16.5. The van der Waals surface area contributed by atoms with Crippen molar-refractivity contribution in [3.05, 3.63) is 12.4 Å². The van der Waals surface area contributed by atoms with Crippen molar-refractivity contribution in [3.63, 3.8) is 0 Å². The number of thiol groups is 1. The Morgan fingerprint density at radius 2 is 1.71 bits per heavy atom. The number of nitrogens with zero attached hydrogens (tertiary/aromatic N) is 3. The Bertz CT molecular complexity index is 709. The molecule has 0 bridgehead atoms. The Labute approximate surface area is 182 Å². The van der Waals surface area contributed by atoms with Crippen molar-refractivity contribution in [1.82, 2.24) is 9.97 Å². The standard InChI is InChI=1S/C6H5N3OS2.C5H6N2OS2.B.Na.H/c1-4(10)9-6-8-2-5(12-6)11-3-7;1-3(8)7-5-6-2-4(9)10-5;;;/h2H,1H3,(H,8,9,10);2,9H,1H3,(H,6,7,8);;;/q;;;+1;-1. The van der Waals surface area contributed by atoms with Crippen molar-refractivity contribution >= 4 is 77.6 Å². The molecule has 0 fully saturated rings. The fourth-order valence-corrected chi connectivity index (χ4v) is 3.26. The van der Waals surface area contributed by atoms with E-state index < -0.39 is 0 Å². The van der Waals surface area contributed by atoms with E-state index in [0.717, 1.165) is 20.2 Å². The molecule has 0 saturated carbocycles. The second kappa shape index (κ2) is 13.7.